The molecule has 0 fully saturated rings. The SMILES string of the molecule is NCCCNC(=O)c1ccc2[nH]ccc2c1. The van der Waals surface area contributed by atoms with Gasteiger partial charge in [0.15, 0.2) is 0 Å². The summed E-state index contributed by atoms with van der Waals surface area (Å²) in [7, 11) is 0. The monoisotopic (exact) mass is 217 g/mol. The maximum absolute atomic E-state index is 11.7. The van der Waals surface area contributed by atoms with Gasteiger partial charge in [0.25, 0.3) is 5.91 Å². The average Bonchev–Trinajstić information content (AvgIpc) is 2.76. The minimum Gasteiger partial charge on any atom is -0.361 e. The number of amides is 1. The predicted molar refractivity (Wildman–Crippen MR) is 64.3 cm³/mol. The summed E-state index contributed by atoms with van der Waals surface area (Å²) in [4.78, 5) is 14.8. The first-order valence-corrected chi connectivity index (χ1v) is 5.36. The van der Waals surface area contributed by atoms with E-state index in [0.29, 0.717) is 18.7 Å². The molecule has 2 aromatic rings. The van der Waals surface area contributed by atoms with Crippen molar-refractivity contribution >= 4 is 16.8 Å². The number of H-pyrrole nitrogens is 1. The second kappa shape index (κ2) is 4.81. The molecule has 1 heterocycles. The average molecular weight is 217 g/mol. The van der Waals surface area contributed by atoms with Crippen molar-refractivity contribution in [3.63, 3.8) is 0 Å². The summed E-state index contributed by atoms with van der Waals surface area (Å²) in [6, 6.07) is 7.55. The second-order valence-electron chi connectivity index (χ2n) is 3.68. The molecule has 4 heteroatoms. The largest absolute Gasteiger partial charge is 0.361 e. The summed E-state index contributed by atoms with van der Waals surface area (Å²) in [5.74, 6) is -0.0449. The number of aromatic nitrogens is 1. The highest BCUT2D eigenvalue weighted by Gasteiger charge is 2.05. The molecule has 0 saturated carbocycles. The molecule has 0 aliphatic heterocycles. The molecule has 1 amide bonds. The lowest BCUT2D eigenvalue weighted by atomic mass is 10.1. The topological polar surface area (TPSA) is 70.9 Å². The first kappa shape index (κ1) is 10.7. The van der Waals surface area contributed by atoms with Gasteiger partial charge in [-0.2, -0.15) is 0 Å². The fraction of sp³-hybridized carbons (Fsp3) is 0.250. The lowest BCUT2D eigenvalue weighted by Crippen LogP contribution is -2.25. The smallest absolute Gasteiger partial charge is 0.251 e. The van der Waals surface area contributed by atoms with Gasteiger partial charge in [0.1, 0.15) is 0 Å². The number of benzene rings is 1. The van der Waals surface area contributed by atoms with Crippen LogP contribution in [0, 0.1) is 0 Å². The Morgan fingerprint density at radius 1 is 1.38 bits per heavy atom. The lowest BCUT2D eigenvalue weighted by Gasteiger charge is -2.04. The van der Waals surface area contributed by atoms with Crippen molar-refractivity contribution in [3.05, 3.63) is 36.0 Å². The minimum absolute atomic E-state index is 0.0449. The first-order valence-electron chi connectivity index (χ1n) is 5.36. The van der Waals surface area contributed by atoms with Crippen molar-refractivity contribution < 1.29 is 4.79 Å². The Hall–Kier alpha value is -1.81. The van der Waals surface area contributed by atoms with Crippen molar-refractivity contribution in [2.45, 2.75) is 6.42 Å². The van der Waals surface area contributed by atoms with E-state index < -0.39 is 0 Å². The number of aromatic amines is 1. The standard InChI is InChI=1S/C12H15N3O/c13-5-1-6-15-12(16)10-2-3-11-9(8-10)4-7-14-11/h2-4,7-8,14H,1,5-6,13H2,(H,15,16). The second-order valence-corrected chi connectivity index (χ2v) is 3.68. The van der Waals surface area contributed by atoms with E-state index in [1.165, 1.54) is 0 Å². The summed E-state index contributed by atoms with van der Waals surface area (Å²) in [5, 5.41) is 3.88. The normalized spacial score (nSPS) is 10.6. The molecule has 0 spiro atoms. The molecular formula is C12H15N3O. The zero-order chi connectivity index (χ0) is 11.4. The van der Waals surface area contributed by atoms with Crippen LogP contribution in [-0.2, 0) is 0 Å². The fourth-order valence-electron chi connectivity index (χ4n) is 1.60. The third kappa shape index (κ3) is 2.23. The maximum atomic E-state index is 11.7. The highest BCUT2D eigenvalue weighted by atomic mass is 16.1. The molecule has 4 nitrogen and oxygen atoms in total. The number of nitrogens with two attached hydrogens (primary N) is 1. The first-order chi connectivity index (χ1) is 7.81. The number of hydrogen-bond acceptors (Lipinski definition) is 2. The van der Waals surface area contributed by atoms with Gasteiger partial charge in [0.05, 0.1) is 0 Å². The fourth-order valence-corrected chi connectivity index (χ4v) is 1.60. The van der Waals surface area contributed by atoms with E-state index in [-0.39, 0.29) is 5.91 Å². The Morgan fingerprint density at radius 2 is 2.25 bits per heavy atom. The Bertz CT molecular complexity index is 490. The molecule has 0 unspecified atom stereocenters. The highest BCUT2D eigenvalue weighted by molar-refractivity contribution is 5.98. The van der Waals surface area contributed by atoms with Gasteiger partial charge in [0.2, 0.25) is 0 Å². The van der Waals surface area contributed by atoms with Crippen LogP contribution in [0.4, 0.5) is 0 Å². The summed E-state index contributed by atoms with van der Waals surface area (Å²) in [6.07, 6.45) is 2.67. The van der Waals surface area contributed by atoms with Crippen LogP contribution in [0.15, 0.2) is 30.5 Å². The maximum Gasteiger partial charge on any atom is 0.251 e. The molecular weight excluding hydrogens is 202 g/mol. The van der Waals surface area contributed by atoms with E-state index in [1.54, 1.807) is 0 Å². The van der Waals surface area contributed by atoms with Gasteiger partial charge in [-0.1, -0.05) is 0 Å². The quantitative estimate of drug-likeness (QED) is 0.674. The molecule has 0 saturated heterocycles. The van der Waals surface area contributed by atoms with Gasteiger partial charge < -0.3 is 16.0 Å². The van der Waals surface area contributed by atoms with E-state index >= 15 is 0 Å². The van der Waals surface area contributed by atoms with Crippen LogP contribution in [0.1, 0.15) is 16.8 Å². The molecule has 0 bridgehead atoms. The number of hydrogen-bond donors (Lipinski definition) is 3. The van der Waals surface area contributed by atoms with E-state index in [9.17, 15) is 4.79 Å². The molecule has 1 aromatic carbocycles. The number of carbonyl (C=O) groups is 1. The van der Waals surface area contributed by atoms with Crippen molar-refractivity contribution in [1.82, 2.24) is 10.3 Å². The van der Waals surface area contributed by atoms with Crippen molar-refractivity contribution in [1.29, 1.82) is 0 Å². The van der Waals surface area contributed by atoms with Gasteiger partial charge in [-0.05, 0) is 37.2 Å². The van der Waals surface area contributed by atoms with Crippen molar-refractivity contribution in [3.8, 4) is 0 Å². The minimum atomic E-state index is -0.0449. The van der Waals surface area contributed by atoms with Gasteiger partial charge >= 0.3 is 0 Å². The Labute approximate surface area is 93.8 Å². The lowest BCUT2D eigenvalue weighted by molar-refractivity contribution is 0.0953. The molecule has 2 rings (SSSR count). The van der Waals surface area contributed by atoms with Crippen LogP contribution >= 0.6 is 0 Å². The molecule has 0 atom stereocenters. The van der Waals surface area contributed by atoms with Gasteiger partial charge in [-0.15, -0.1) is 0 Å². The highest BCUT2D eigenvalue weighted by Crippen LogP contribution is 2.13. The number of fused-ring (bicyclic) bond motifs is 1. The molecule has 4 N–H and O–H groups in total. The third-order valence-corrected chi connectivity index (χ3v) is 2.48. The number of carbonyl (C=O) groups excluding carboxylic acids is 1. The third-order valence-electron chi connectivity index (χ3n) is 2.48. The van der Waals surface area contributed by atoms with Crippen LogP contribution in [0.25, 0.3) is 10.9 Å². The summed E-state index contributed by atoms with van der Waals surface area (Å²) in [6.45, 7) is 1.22. The summed E-state index contributed by atoms with van der Waals surface area (Å²) < 4.78 is 0. The Kier molecular flexibility index (Phi) is 3.22. The van der Waals surface area contributed by atoms with Crippen LogP contribution in [-0.4, -0.2) is 24.0 Å². The summed E-state index contributed by atoms with van der Waals surface area (Å²) >= 11 is 0. The Morgan fingerprint density at radius 3 is 3.06 bits per heavy atom. The van der Waals surface area contributed by atoms with Crippen LogP contribution in [0.5, 0.6) is 0 Å². The zero-order valence-corrected chi connectivity index (χ0v) is 8.99. The van der Waals surface area contributed by atoms with Crippen molar-refractivity contribution in [2.75, 3.05) is 13.1 Å². The van der Waals surface area contributed by atoms with E-state index in [4.69, 9.17) is 5.73 Å². The Balaban J connectivity index is 2.10. The van der Waals surface area contributed by atoms with E-state index in [0.717, 1.165) is 17.3 Å². The predicted octanol–water partition coefficient (Wildman–Crippen LogP) is 1.25. The van der Waals surface area contributed by atoms with E-state index in [1.807, 2.05) is 30.5 Å². The number of rotatable bonds is 4. The number of nitrogens with one attached hydrogen (secondary N) is 2. The van der Waals surface area contributed by atoms with Gasteiger partial charge in [0, 0.05) is 29.2 Å². The van der Waals surface area contributed by atoms with Gasteiger partial charge in [-0.3, -0.25) is 4.79 Å². The molecule has 0 aliphatic rings. The zero-order valence-electron chi connectivity index (χ0n) is 8.99. The molecule has 0 radical (unpaired) electrons. The molecule has 0 aliphatic carbocycles. The van der Waals surface area contributed by atoms with Crippen LogP contribution in [0.3, 0.4) is 0 Å². The van der Waals surface area contributed by atoms with Crippen LogP contribution < -0.4 is 11.1 Å². The molecule has 16 heavy (non-hydrogen) atoms. The molecule has 84 valence electrons. The van der Waals surface area contributed by atoms with Crippen molar-refractivity contribution in [2.24, 2.45) is 5.73 Å². The van der Waals surface area contributed by atoms with Gasteiger partial charge in [-0.25, -0.2) is 0 Å². The molecule has 1 aromatic heterocycles. The summed E-state index contributed by atoms with van der Waals surface area (Å²) in [5.41, 5.74) is 7.08. The van der Waals surface area contributed by atoms with Crippen LogP contribution in [0.2, 0.25) is 0 Å². The van der Waals surface area contributed by atoms with E-state index in [2.05, 4.69) is 10.3 Å².